The summed E-state index contributed by atoms with van der Waals surface area (Å²) in [5.41, 5.74) is -1.34. The van der Waals surface area contributed by atoms with Crippen LogP contribution in [0.4, 0.5) is 0 Å². The molecule has 0 rings (SSSR count). The van der Waals surface area contributed by atoms with E-state index in [1.807, 2.05) is 0 Å². The number of hydrogen-bond acceptors (Lipinski definition) is 3. The Labute approximate surface area is 93.1 Å². The van der Waals surface area contributed by atoms with Gasteiger partial charge in [-0.25, -0.2) is 0 Å². The zero-order valence-corrected chi connectivity index (χ0v) is 10.5. The molecule has 0 aliphatic rings. The van der Waals surface area contributed by atoms with Crippen LogP contribution in [0, 0.1) is 0 Å². The number of aliphatic hydroxyl groups is 3. The Morgan fingerprint density at radius 3 is 1.73 bits per heavy atom. The van der Waals surface area contributed by atoms with Gasteiger partial charge in [-0.1, -0.05) is 0 Å². The largest absolute Gasteiger partial charge is 0.393 e. The topological polar surface area (TPSA) is 60.7 Å². The van der Waals surface area contributed by atoms with E-state index in [1.165, 1.54) is 0 Å². The smallest absolute Gasteiger partial charge is 0.0592 e. The van der Waals surface area contributed by atoms with E-state index in [1.54, 1.807) is 27.7 Å². The molecule has 0 aromatic rings. The fourth-order valence-electron chi connectivity index (χ4n) is 1.43. The third-order valence-electron chi connectivity index (χ3n) is 2.42. The molecule has 15 heavy (non-hydrogen) atoms. The quantitative estimate of drug-likeness (QED) is 0.611. The molecule has 0 fully saturated rings. The van der Waals surface area contributed by atoms with Gasteiger partial charge < -0.3 is 15.3 Å². The second kappa shape index (κ2) is 5.83. The zero-order chi connectivity index (χ0) is 12.1. The lowest BCUT2D eigenvalue weighted by Gasteiger charge is -2.21. The van der Waals surface area contributed by atoms with E-state index in [-0.39, 0.29) is 6.10 Å². The highest BCUT2D eigenvalue weighted by molar-refractivity contribution is 4.70. The monoisotopic (exact) mass is 218 g/mol. The van der Waals surface area contributed by atoms with Gasteiger partial charge in [0.25, 0.3) is 0 Å². The predicted molar refractivity (Wildman–Crippen MR) is 61.7 cm³/mol. The minimum absolute atomic E-state index is 0.362. The first-order valence-electron chi connectivity index (χ1n) is 5.73. The van der Waals surface area contributed by atoms with Crippen molar-refractivity contribution in [2.24, 2.45) is 0 Å². The second-order valence-corrected chi connectivity index (χ2v) is 5.71. The first-order chi connectivity index (χ1) is 6.60. The molecule has 0 heterocycles. The highest BCUT2D eigenvalue weighted by atomic mass is 16.3. The zero-order valence-electron chi connectivity index (χ0n) is 10.5. The van der Waals surface area contributed by atoms with Gasteiger partial charge in [0, 0.05) is 0 Å². The Morgan fingerprint density at radius 2 is 1.33 bits per heavy atom. The molecular formula is C12H26O3. The van der Waals surface area contributed by atoms with Crippen LogP contribution in [0.5, 0.6) is 0 Å². The van der Waals surface area contributed by atoms with E-state index in [0.717, 1.165) is 6.42 Å². The van der Waals surface area contributed by atoms with Crippen molar-refractivity contribution in [1.82, 2.24) is 0 Å². The second-order valence-electron chi connectivity index (χ2n) is 5.71. The molecule has 3 heteroatoms. The summed E-state index contributed by atoms with van der Waals surface area (Å²) >= 11 is 0. The Kier molecular flexibility index (Phi) is 5.78. The normalized spacial score (nSPS) is 15.4. The van der Waals surface area contributed by atoms with Crippen molar-refractivity contribution >= 4 is 0 Å². The molecule has 0 saturated carbocycles. The first kappa shape index (κ1) is 14.9. The minimum atomic E-state index is -0.697. The molecule has 92 valence electrons. The van der Waals surface area contributed by atoms with Gasteiger partial charge in [0.05, 0.1) is 17.3 Å². The maximum absolute atomic E-state index is 9.62. The maximum atomic E-state index is 9.62. The lowest BCUT2D eigenvalue weighted by atomic mass is 9.95. The van der Waals surface area contributed by atoms with Crippen molar-refractivity contribution in [3.05, 3.63) is 0 Å². The Hall–Kier alpha value is -0.120. The Bertz CT molecular complexity index is 165. The van der Waals surface area contributed by atoms with Crippen molar-refractivity contribution in [3.63, 3.8) is 0 Å². The van der Waals surface area contributed by atoms with Crippen molar-refractivity contribution in [1.29, 1.82) is 0 Å². The van der Waals surface area contributed by atoms with E-state index < -0.39 is 11.2 Å². The minimum Gasteiger partial charge on any atom is -0.393 e. The lowest BCUT2D eigenvalue weighted by molar-refractivity contribution is 0.0400. The van der Waals surface area contributed by atoms with Gasteiger partial charge in [-0.3, -0.25) is 0 Å². The maximum Gasteiger partial charge on any atom is 0.0592 e. The fourth-order valence-corrected chi connectivity index (χ4v) is 1.43. The molecule has 0 aliphatic heterocycles. The molecule has 0 saturated heterocycles. The van der Waals surface area contributed by atoms with Gasteiger partial charge in [-0.15, -0.1) is 0 Å². The predicted octanol–water partition coefficient (Wildman–Crippen LogP) is 1.84. The van der Waals surface area contributed by atoms with E-state index in [2.05, 4.69) is 0 Å². The summed E-state index contributed by atoms with van der Waals surface area (Å²) in [6.45, 7) is 7.04. The van der Waals surface area contributed by atoms with Crippen LogP contribution in [-0.2, 0) is 0 Å². The van der Waals surface area contributed by atoms with Crippen molar-refractivity contribution in [2.45, 2.75) is 77.1 Å². The summed E-state index contributed by atoms with van der Waals surface area (Å²) in [5.74, 6) is 0. The number of aliphatic hydroxyl groups excluding tert-OH is 1. The van der Waals surface area contributed by atoms with Gasteiger partial charge in [-0.2, -0.15) is 0 Å². The van der Waals surface area contributed by atoms with E-state index in [9.17, 15) is 15.3 Å². The van der Waals surface area contributed by atoms with Crippen LogP contribution in [0.2, 0.25) is 0 Å². The van der Waals surface area contributed by atoms with Gasteiger partial charge in [0.15, 0.2) is 0 Å². The summed E-state index contributed by atoms with van der Waals surface area (Å²) in [5, 5.41) is 28.6. The number of rotatable bonds is 7. The standard InChI is InChI=1S/C12H26O3/c1-11(2,14)8-5-6-10(13)7-9-12(3,4)15/h10,13-15H,5-9H2,1-4H3. The summed E-state index contributed by atoms with van der Waals surface area (Å²) in [4.78, 5) is 0. The fraction of sp³-hybridized carbons (Fsp3) is 1.00. The van der Waals surface area contributed by atoms with Crippen molar-refractivity contribution in [3.8, 4) is 0 Å². The van der Waals surface area contributed by atoms with Gasteiger partial charge >= 0.3 is 0 Å². The highest BCUT2D eigenvalue weighted by Gasteiger charge is 2.16. The molecule has 1 atom stereocenters. The average Bonchev–Trinajstić information content (AvgIpc) is 1.97. The SMILES string of the molecule is CC(C)(O)CCCC(O)CCC(C)(C)O. The summed E-state index contributed by atoms with van der Waals surface area (Å²) in [6.07, 6.45) is 3.08. The summed E-state index contributed by atoms with van der Waals surface area (Å²) in [6, 6.07) is 0. The molecular weight excluding hydrogens is 192 g/mol. The Morgan fingerprint density at radius 1 is 0.867 bits per heavy atom. The molecule has 0 spiro atoms. The molecule has 0 aromatic carbocycles. The molecule has 0 radical (unpaired) electrons. The average molecular weight is 218 g/mol. The van der Waals surface area contributed by atoms with Crippen LogP contribution in [-0.4, -0.2) is 32.6 Å². The van der Waals surface area contributed by atoms with Gasteiger partial charge in [0.1, 0.15) is 0 Å². The van der Waals surface area contributed by atoms with Crippen LogP contribution >= 0.6 is 0 Å². The third-order valence-corrected chi connectivity index (χ3v) is 2.42. The lowest BCUT2D eigenvalue weighted by Crippen LogP contribution is -2.22. The van der Waals surface area contributed by atoms with Crippen LogP contribution in [0.25, 0.3) is 0 Å². The molecule has 0 aromatic heterocycles. The van der Waals surface area contributed by atoms with E-state index in [0.29, 0.717) is 25.7 Å². The highest BCUT2D eigenvalue weighted by Crippen LogP contribution is 2.17. The van der Waals surface area contributed by atoms with Crippen molar-refractivity contribution in [2.75, 3.05) is 0 Å². The van der Waals surface area contributed by atoms with Crippen LogP contribution in [0.3, 0.4) is 0 Å². The van der Waals surface area contributed by atoms with Crippen LogP contribution in [0.1, 0.15) is 59.8 Å². The van der Waals surface area contributed by atoms with Gasteiger partial charge in [-0.05, 0) is 59.8 Å². The van der Waals surface area contributed by atoms with Crippen LogP contribution in [0.15, 0.2) is 0 Å². The molecule has 0 aliphatic carbocycles. The Balaban J connectivity index is 3.54. The summed E-state index contributed by atoms with van der Waals surface area (Å²) in [7, 11) is 0. The molecule has 1 unspecified atom stereocenters. The van der Waals surface area contributed by atoms with E-state index >= 15 is 0 Å². The van der Waals surface area contributed by atoms with Gasteiger partial charge in [0.2, 0.25) is 0 Å². The van der Waals surface area contributed by atoms with E-state index in [4.69, 9.17) is 0 Å². The third kappa shape index (κ3) is 11.8. The molecule has 3 N–H and O–H groups in total. The number of hydrogen-bond donors (Lipinski definition) is 3. The van der Waals surface area contributed by atoms with Crippen LogP contribution < -0.4 is 0 Å². The first-order valence-corrected chi connectivity index (χ1v) is 5.73. The molecule has 0 amide bonds. The summed E-state index contributed by atoms with van der Waals surface area (Å²) < 4.78 is 0. The van der Waals surface area contributed by atoms with Crippen molar-refractivity contribution < 1.29 is 15.3 Å². The molecule has 3 nitrogen and oxygen atoms in total. The molecule has 0 bridgehead atoms.